The number of allylic oxidation sites excluding steroid dienone is 2. The van der Waals surface area contributed by atoms with Crippen molar-refractivity contribution in [3.8, 4) is 0 Å². The van der Waals surface area contributed by atoms with Crippen LogP contribution in [0.4, 0.5) is 0 Å². The molecule has 1 N–H and O–H groups in total. The average Bonchev–Trinajstić information content (AvgIpc) is 2.49. The number of fused-ring (bicyclic) bond motifs is 3. The van der Waals surface area contributed by atoms with E-state index in [2.05, 4.69) is 0 Å². The first-order chi connectivity index (χ1) is 10.4. The molecule has 0 aliphatic heterocycles. The molecule has 0 spiro atoms. The van der Waals surface area contributed by atoms with Gasteiger partial charge in [-0.1, -0.05) is 19.4 Å². The highest BCUT2D eigenvalue weighted by Gasteiger charge is 2.44. The monoisotopic (exact) mass is 304 g/mol. The molecule has 0 aromatic heterocycles. The third-order valence-corrected chi connectivity index (χ3v) is 6.23. The topological polar surface area (TPSA) is 54.4 Å². The van der Waals surface area contributed by atoms with Gasteiger partial charge >= 0.3 is 0 Å². The SMILES string of the molecule is CC1(C)CC(O)[C@H]2C(CCCC1=O)CCC1=CC(=O)CCC12. The third kappa shape index (κ3) is 2.92. The summed E-state index contributed by atoms with van der Waals surface area (Å²) < 4.78 is 0. The fraction of sp³-hybridized carbons (Fsp3) is 0.789. The van der Waals surface area contributed by atoms with Crippen LogP contribution in [0.3, 0.4) is 0 Å². The molecule has 122 valence electrons. The average molecular weight is 304 g/mol. The van der Waals surface area contributed by atoms with Gasteiger partial charge in [0.25, 0.3) is 0 Å². The number of Topliss-reactive ketones (excluding diaryl/α,β-unsaturated/α-hetero) is 1. The molecule has 0 aromatic carbocycles. The minimum Gasteiger partial charge on any atom is -0.393 e. The van der Waals surface area contributed by atoms with Gasteiger partial charge in [-0.15, -0.1) is 0 Å². The van der Waals surface area contributed by atoms with Crippen LogP contribution in [0.25, 0.3) is 0 Å². The molecule has 0 heterocycles. The number of hydrogen-bond donors (Lipinski definition) is 1. The van der Waals surface area contributed by atoms with Crippen LogP contribution in [0.2, 0.25) is 0 Å². The lowest BCUT2D eigenvalue weighted by Crippen LogP contribution is -2.42. The largest absolute Gasteiger partial charge is 0.393 e. The molecule has 2 fully saturated rings. The zero-order valence-electron chi connectivity index (χ0n) is 13.8. The number of hydrogen-bond acceptors (Lipinski definition) is 3. The van der Waals surface area contributed by atoms with E-state index in [-0.39, 0.29) is 11.7 Å². The van der Waals surface area contributed by atoms with E-state index in [1.807, 2.05) is 19.9 Å². The minimum absolute atomic E-state index is 0.235. The molecule has 3 aliphatic rings. The minimum atomic E-state index is -0.430. The van der Waals surface area contributed by atoms with Gasteiger partial charge in [-0.2, -0.15) is 0 Å². The van der Waals surface area contributed by atoms with Crippen molar-refractivity contribution in [1.82, 2.24) is 0 Å². The molecule has 3 unspecified atom stereocenters. The van der Waals surface area contributed by atoms with Crippen LogP contribution >= 0.6 is 0 Å². The van der Waals surface area contributed by atoms with Crippen molar-refractivity contribution in [2.45, 2.75) is 71.3 Å². The van der Waals surface area contributed by atoms with Crippen LogP contribution in [-0.4, -0.2) is 22.8 Å². The van der Waals surface area contributed by atoms with Crippen LogP contribution in [0.15, 0.2) is 11.6 Å². The van der Waals surface area contributed by atoms with E-state index in [0.29, 0.717) is 36.9 Å². The number of aliphatic hydroxyl groups is 1. The molecule has 0 bridgehead atoms. The maximum Gasteiger partial charge on any atom is 0.155 e. The predicted molar refractivity (Wildman–Crippen MR) is 85.3 cm³/mol. The normalized spacial score (nSPS) is 39.0. The van der Waals surface area contributed by atoms with E-state index < -0.39 is 11.5 Å². The number of carbonyl (C=O) groups excluding carboxylic acids is 2. The van der Waals surface area contributed by atoms with Crippen molar-refractivity contribution < 1.29 is 14.7 Å². The quantitative estimate of drug-likeness (QED) is 0.746. The summed E-state index contributed by atoms with van der Waals surface area (Å²) >= 11 is 0. The number of carbonyl (C=O) groups is 2. The summed E-state index contributed by atoms with van der Waals surface area (Å²) in [7, 11) is 0. The highest BCUT2D eigenvalue weighted by molar-refractivity contribution is 5.91. The molecule has 3 heteroatoms. The molecule has 3 aliphatic carbocycles. The highest BCUT2D eigenvalue weighted by atomic mass is 16.3. The zero-order chi connectivity index (χ0) is 15.9. The number of aliphatic hydroxyl groups excluding tert-OH is 1. The highest BCUT2D eigenvalue weighted by Crippen LogP contribution is 2.48. The first-order valence-electron chi connectivity index (χ1n) is 8.83. The van der Waals surface area contributed by atoms with Crippen LogP contribution < -0.4 is 0 Å². The molecule has 0 aromatic rings. The molecule has 0 radical (unpaired) electrons. The van der Waals surface area contributed by atoms with Gasteiger partial charge in [0, 0.05) is 18.3 Å². The lowest BCUT2D eigenvalue weighted by molar-refractivity contribution is -0.129. The maximum atomic E-state index is 12.4. The second-order valence-electron chi connectivity index (χ2n) is 8.18. The first-order valence-corrected chi connectivity index (χ1v) is 8.83. The molecule has 22 heavy (non-hydrogen) atoms. The summed E-state index contributed by atoms with van der Waals surface area (Å²) in [5.41, 5.74) is 0.833. The fourth-order valence-electron chi connectivity index (χ4n) is 4.99. The second kappa shape index (κ2) is 5.92. The van der Waals surface area contributed by atoms with Gasteiger partial charge in [-0.25, -0.2) is 0 Å². The third-order valence-electron chi connectivity index (χ3n) is 6.23. The van der Waals surface area contributed by atoms with Crippen molar-refractivity contribution in [2.75, 3.05) is 0 Å². The summed E-state index contributed by atoms with van der Waals surface area (Å²) in [6.45, 7) is 3.95. The van der Waals surface area contributed by atoms with Crippen LogP contribution in [0.1, 0.15) is 65.2 Å². The molecule has 0 amide bonds. The van der Waals surface area contributed by atoms with Crippen molar-refractivity contribution in [3.63, 3.8) is 0 Å². The molecule has 3 rings (SSSR count). The Morgan fingerprint density at radius 2 is 1.86 bits per heavy atom. The molecule has 2 saturated carbocycles. The van der Waals surface area contributed by atoms with E-state index >= 15 is 0 Å². The predicted octanol–water partition coefficient (Wildman–Crippen LogP) is 3.45. The molecular weight excluding hydrogens is 276 g/mol. The smallest absolute Gasteiger partial charge is 0.155 e. The Morgan fingerprint density at radius 1 is 1.09 bits per heavy atom. The molecule has 0 saturated heterocycles. The van der Waals surface area contributed by atoms with Crippen molar-refractivity contribution in [1.29, 1.82) is 0 Å². The Kier molecular flexibility index (Phi) is 4.28. The lowest BCUT2D eigenvalue weighted by atomic mass is 9.61. The molecule has 4 atom stereocenters. The van der Waals surface area contributed by atoms with Gasteiger partial charge in [0.2, 0.25) is 0 Å². The summed E-state index contributed by atoms with van der Waals surface area (Å²) in [6.07, 6.45) is 8.18. The summed E-state index contributed by atoms with van der Waals surface area (Å²) in [5, 5.41) is 10.9. The first kappa shape index (κ1) is 15.9. The standard InChI is InChI=1S/C19H28O3/c1-19(2)11-16(21)18-12(4-3-5-17(19)22)6-7-13-10-14(20)8-9-15(13)18/h10,12,15-16,18,21H,3-9,11H2,1-2H3/t12?,15?,16?,18-/m0/s1. The summed E-state index contributed by atoms with van der Waals surface area (Å²) in [5.74, 6) is 1.64. The van der Waals surface area contributed by atoms with E-state index in [1.54, 1.807) is 0 Å². The maximum absolute atomic E-state index is 12.4. The Hall–Kier alpha value is -0.960. The second-order valence-corrected chi connectivity index (χ2v) is 8.18. The number of ketones is 2. The van der Waals surface area contributed by atoms with Crippen LogP contribution in [0.5, 0.6) is 0 Å². The van der Waals surface area contributed by atoms with Crippen molar-refractivity contribution >= 4 is 11.6 Å². The van der Waals surface area contributed by atoms with Gasteiger partial charge in [-0.3, -0.25) is 9.59 Å². The van der Waals surface area contributed by atoms with Gasteiger partial charge in [0.05, 0.1) is 6.10 Å². The Labute approximate surface area is 133 Å². The van der Waals surface area contributed by atoms with Gasteiger partial charge in [-0.05, 0) is 62.4 Å². The Morgan fingerprint density at radius 3 is 2.64 bits per heavy atom. The van der Waals surface area contributed by atoms with Crippen molar-refractivity contribution in [2.24, 2.45) is 23.2 Å². The van der Waals surface area contributed by atoms with Gasteiger partial charge < -0.3 is 5.11 Å². The van der Waals surface area contributed by atoms with Gasteiger partial charge in [0.15, 0.2) is 5.78 Å². The van der Waals surface area contributed by atoms with E-state index in [0.717, 1.165) is 32.1 Å². The summed E-state index contributed by atoms with van der Waals surface area (Å²) in [4.78, 5) is 24.1. The lowest BCUT2D eigenvalue weighted by Gasteiger charge is -2.44. The Balaban J connectivity index is 1.89. The summed E-state index contributed by atoms with van der Waals surface area (Å²) in [6, 6.07) is 0. The molecular formula is C19H28O3. The van der Waals surface area contributed by atoms with E-state index in [9.17, 15) is 14.7 Å². The van der Waals surface area contributed by atoms with E-state index in [1.165, 1.54) is 5.57 Å². The van der Waals surface area contributed by atoms with Gasteiger partial charge in [0.1, 0.15) is 5.78 Å². The van der Waals surface area contributed by atoms with Crippen LogP contribution in [-0.2, 0) is 9.59 Å². The zero-order valence-corrected chi connectivity index (χ0v) is 13.8. The fourth-order valence-corrected chi connectivity index (χ4v) is 4.99. The number of rotatable bonds is 0. The molecule has 3 nitrogen and oxygen atoms in total. The Bertz CT molecular complexity index is 503. The van der Waals surface area contributed by atoms with Crippen molar-refractivity contribution in [3.05, 3.63) is 11.6 Å². The van der Waals surface area contributed by atoms with Crippen LogP contribution in [0, 0.1) is 23.2 Å². The van der Waals surface area contributed by atoms with E-state index in [4.69, 9.17) is 0 Å².